The van der Waals surface area contributed by atoms with Gasteiger partial charge in [0.05, 0.1) is 37.6 Å². The summed E-state index contributed by atoms with van der Waals surface area (Å²) in [6.07, 6.45) is 4.57. The van der Waals surface area contributed by atoms with Crippen LogP contribution in [0, 0.1) is 5.92 Å². The maximum Gasteiger partial charge on any atom is 0.192 e. The van der Waals surface area contributed by atoms with Crippen molar-refractivity contribution in [3.63, 3.8) is 0 Å². The number of hydrogen-bond donors (Lipinski definition) is 1. The zero-order chi connectivity index (χ0) is 30.3. The first-order valence-electron chi connectivity index (χ1n) is 15.0. The summed E-state index contributed by atoms with van der Waals surface area (Å²) in [6, 6.07) is 20.3. The van der Waals surface area contributed by atoms with E-state index in [9.17, 15) is 5.11 Å². The number of ether oxygens (including phenoxy) is 3. The zero-order valence-corrected chi connectivity index (χ0v) is 27.3. The van der Waals surface area contributed by atoms with Crippen molar-refractivity contribution < 1.29 is 23.7 Å². The Morgan fingerprint density at radius 2 is 1.37 bits per heavy atom. The van der Waals surface area contributed by atoms with Gasteiger partial charge >= 0.3 is 0 Å². The fourth-order valence-corrected chi connectivity index (χ4v) is 5.78. The van der Waals surface area contributed by atoms with Crippen molar-refractivity contribution in [1.29, 1.82) is 0 Å². The molecule has 0 spiro atoms. The molecule has 0 unspecified atom stereocenters. The second kappa shape index (κ2) is 17.8. The van der Waals surface area contributed by atoms with Crippen LogP contribution >= 0.6 is 0 Å². The molecule has 5 nitrogen and oxygen atoms in total. The minimum Gasteiger partial charge on any atom is -0.411 e. The predicted molar refractivity (Wildman–Crippen MR) is 172 cm³/mol. The first-order valence-corrected chi connectivity index (χ1v) is 17.9. The second-order valence-electron chi connectivity index (χ2n) is 12.4. The lowest BCUT2D eigenvalue weighted by molar-refractivity contribution is -0.156. The number of aliphatic hydroxyl groups is 1. The van der Waals surface area contributed by atoms with E-state index in [4.69, 9.17) is 18.6 Å². The van der Waals surface area contributed by atoms with E-state index in [0.717, 1.165) is 11.1 Å². The minimum absolute atomic E-state index is 0.00655. The third-order valence-corrected chi connectivity index (χ3v) is 12.5. The van der Waals surface area contributed by atoms with Gasteiger partial charge in [0.2, 0.25) is 0 Å². The predicted octanol–water partition coefficient (Wildman–Crippen LogP) is 8.10. The van der Waals surface area contributed by atoms with Crippen molar-refractivity contribution in [2.45, 2.75) is 103 Å². The number of hydrogen-bond acceptors (Lipinski definition) is 5. The summed E-state index contributed by atoms with van der Waals surface area (Å²) in [7, 11) is -2.13. The summed E-state index contributed by atoms with van der Waals surface area (Å²) in [4.78, 5) is 0. The molecule has 2 rings (SSSR count). The monoisotopic (exact) mass is 582 g/mol. The average Bonchev–Trinajstić information content (AvgIpc) is 2.95. The maximum absolute atomic E-state index is 10.3. The summed E-state index contributed by atoms with van der Waals surface area (Å²) < 4.78 is 26.5. The molecular weight excluding hydrogens is 528 g/mol. The van der Waals surface area contributed by atoms with Gasteiger partial charge in [-0.25, -0.2) is 0 Å². The van der Waals surface area contributed by atoms with Crippen LogP contribution in [0.15, 0.2) is 86.0 Å². The lowest BCUT2D eigenvalue weighted by atomic mass is 9.97. The van der Waals surface area contributed by atoms with Crippen molar-refractivity contribution in [3.8, 4) is 0 Å². The van der Waals surface area contributed by atoms with Crippen LogP contribution in [0.1, 0.15) is 58.1 Å². The topological polar surface area (TPSA) is 57.2 Å². The molecule has 2 aromatic carbocycles. The normalized spacial score (nSPS) is 16.0. The zero-order valence-electron chi connectivity index (χ0n) is 26.3. The second-order valence-corrected chi connectivity index (χ2v) is 17.2. The first-order chi connectivity index (χ1) is 19.5. The van der Waals surface area contributed by atoms with Crippen LogP contribution in [-0.4, -0.2) is 51.1 Å². The molecule has 0 saturated carbocycles. The van der Waals surface area contributed by atoms with Crippen LogP contribution in [0.5, 0.6) is 0 Å². The summed E-state index contributed by atoms with van der Waals surface area (Å²) >= 11 is 0. The molecular formula is C35H54O5Si. The smallest absolute Gasteiger partial charge is 0.192 e. The molecule has 0 amide bonds. The Morgan fingerprint density at radius 3 is 1.88 bits per heavy atom. The van der Waals surface area contributed by atoms with Crippen LogP contribution in [0.25, 0.3) is 0 Å². The fourth-order valence-electron chi connectivity index (χ4n) is 4.44. The molecule has 0 aliphatic carbocycles. The van der Waals surface area contributed by atoms with Gasteiger partial charge in [-0.2, -0.15) is 0 Å². The molecule has 0 aliphatic rings. The Labute approximate surface area is 250 Å². The van der Waals surface area contributed by atoms with Gasteiger partial charge in [-0.1, -0.05) is 101 Å². The van der Waals surface area contributed by atoms with Gasteiger partial charge in [0.1, 0.15) is 0 Å². The van der Waals surface area contributed by atoms with Gasteiger partial charge in [0.25, 0.3) is 0 Å². The van der Waals surface area contributed by atoms with Crippen molar-refractivity contribution >= 4 is 8.32 Å². The Kier molecular flexibility index (Phi) is 15.2. The van der Waals surface area contributed by atoms with Crippen LogP contribution < -0.4 is 0 Å². The summed E-state index contributed by atoms with van der Waals surface area (Å²) in [6.45, 7) is 22.8. The van der Waals surface area contributed by atoms with E-state index in [-0.39, 0.29) is 42.0 Å². The molecule has 0 aromatic heterocycles. The van der Waals surface area contributed by atoms with Crippen LogP contribution in [0.2, 0.25) is 18.1 Å². The van der Waals surface area contributed by atoms with Gasteiger partial charge in [0.15, 0.2) is 8.32 Å². The van der Waals surface area contributed by atoms with Gasteiger partial charge < -0.3 is 23.7 Å². The van der Waals surface area contributed by atoms with E-state index in [1.807, 2.05) is 55.5 Å². The lowest BCUT2D eigenvalue weighted by Gasteiger charge is -2.43. The lowest BCUT2D eigenvalue weighted by Crippen LogP contribution is -2.51. The Balaban J connectivity index is 2.31. The molecule has 1 N–H and O–H groups in total. The number of aliphatic hydroxyl groups excluding tert-OH is 1. The Bertz CT molecular complexity index is 989. The molecule has 0 radical (unpaired) electrons. The van der Waals surface area contributed by atoms with E-state index >= 15 is 0 Å². The average molecular weight is 583 g/mol. The Morgan fingerprint density at radius 1 is 0.829 bits per heavy atom. The van der Waals surface area contributed by atoms with E-state index in [1.165, 1.54) is 0 Å². The molecule has 228 valence electrons. The van der Waals surface area contributed by atoms with E-state index < -0.39 is 8.32 Å². The third-order valence-electron chi connectivity index (χ3n) is 7.98. The SMILES string of the molecule is C=CC[C@H](O[Si](C)(C)C(C)(C)C)[C@H](O[C@@H](CCOCc1ccccc1)[C@@H](CC=C)OCc1ccccc1)[C@@H](C)CO. The van der Waals surface area contributed by atoms with Crippen LogP contribution in [-0.2, 0) is 31.9 Å². The highest BCUT2D eigenvalue weighted by Gasteiger charge is 2.42. The van der Waals surface area contributed by atoms with Crippen molar-refractivity contribution in [2.24, 2.45) is 5.92 Å². The van der Waals surface area contributed by atoms with Gasteiger partial charge in [-0.3, -0.25) is 0 Å². The highest BCUT2D eigenvalue weighted by Crippen LogP contribution is 2.39. The molecule has 0 saturated heterocycles. The minimum atomic E-state index is -2.13. The fraction of sp³-hybridized carbons (Fsp3) is 0.543. The van der Waals surface area contributed by atoms with E-state index in [0.29, 0.717) is 39.1 Å². The first kappa shape index (κ1) is 35.1. The van der Waals surface area contributed by atoms with Crippen LogP contribution in [0.3, 0.4) is 0 Å². The number of benzene rings is 2. The number of rotatable bonds is 20. The highest BCUT2D eigenvalue weighted by molar-refractivity contribution is 6.74. The van der Waals surface area contributed by atoms with Crippen molar-refractivity contribution in [1.82, 2.24) is 0 Å². The van der Waals surface area contributed by atoms with E-state index in [2.05, 4.69) is 71.3 Å². The quantitative estimate of drug-likeness (QED) is 0.0971. The van der Waals surface area contributed by atoms with Gasteiger partial charge in [-0.05, 0) is 48.5 Å². The molecule has 0 aliphatic heterocycles. The molecule has 0 bridgehead atoms. The third kappa shape index (κ3) is 12.0. The molecule has 41 heavy (non-hydrogen) atoms. The largest absolute Gasteiger partial charge is 0.411 e. The summed E-state index contributed by atoms with van der Waals surface area (Å²) in [5.41, 5.74) is 2.24. The Hall–Kier alpha value is -2.06. The van der Waals surface area contributed by atoms with Crippen LogP contribution in [0.4, 0.5) is 0 Å². The maximum atomic E-state index is 10.3. The molecule has 2 aromatic rings. The van der Waals surface area contributed by atoms with E-state index in [1.54, 1.807) is 0 Å². The highest BCUT2D eigenvalue weighted by atomic mass is 28.4. The molecule has 0 heterocycles. The summed E-state index contributed by atoms with van der Waals surface area (Å²) in [5.74, 6) is -0.143. The van der Waals surface area contributed by atoms with Gasteiger partial charge in [0, 0.05) is 19.1 Å². The molecule has 5 atom stereocenters. The van der Waals surface area contributed by atoms with Crippen molar-refractivity contribution in [2.75, 3.05) is 13.2 Å². The molecule has 0 fully saturated rings. The van der Waals surface area contributed by atoms with Crippen molar-refractivity contribution in [3.05, 3.63) is 97.1 Å². The summed E-state index contributed by atoms with van der Waals surface area (Å²) in [5, 5.41) is 10.3. The van der Waals surface area contributed by atoms with Gasteiger partial charge in [-0.15, -0.1) is 13.2 Å². The molecule has 6 heteroatoms. The standard InChI is InChI=1S/C35H54O5Si/c1-9-17-31(38-27-30-21-15-12-16-22-30)32(23-24-37-26-29-19-13-11-14-20-29)39-34(28(3)25-36)33(18-10-2)40-41(7,8)35(4,5)6/h9-16,19-22,28,31-34,36H,1-2,17-18,23-27H2,3-8H3/t28-,31+,32-,33-,34+/m0/s1.